The van der Waals surface area contributed by atoms with Gasteiger partial charge in [0.1, 0.15) is 10.8 Å². The zero-order valence-electron chi connectivity index (χ0n) is 14.3. The molecule has 0 bridgehead atoms. The van der Waals surface area contributed by atoms with E-state index in [0.717, 1.165) is 40.9 Å². The van der Waals surface area contributed by atoms with Gasteiger partial charge in [0, 0.05) is 17.5 Å². The molecule has 5 heteroatoms. The van der Waals surface area contributed by atoms with Crippen LogP contribution in [0.2, 0.25) is 0 Å². The van der Waals surface area contributed by atoms with Gasteiger partial charge in [-0.3, -0.25) is 4.79 Å². The van der Waals surface area contributed by atoms with Crippen LogP contribution in [0.1, 0.15) is 38.2 Å². The van der Waals surface area contributed by atoms with Gasteiger partial charge in [-0.2, -0.15) is 0 Å². The van der Waals surface area contributed by atoms with Crippen LogP contribution in [0, 0.1) is 0 Å². The Kier molecular flexibility index (Phi) is 5.61. The molecule has 1 aliphatic carbocycles. The summed E-state index contributed by atoms with van der Waals surface area (Å²) in [6, 6.07) is 8.46. The summed E-state index contributed by atoms with van der Waals surface area (Å²) in [4.78, 5) is 16.9. The van der Waals surface area contributed by atoms with E-state index in [2.05, 4.69) is 18.3 Å². The lowest BCUT2D eigenvalue weighted by atomic mass is 10.1. The predicted octanol–water partition coefficient (Wildman–Crippen LogP) is 3.96. The van der Waals surface area contributed by atoms with Crippen molar-refractivity contribution in [2.45, 2.75) is 50.1 Å². The van der Waals surface area contributed by atoms with E-state index in [0.29, 0.717) is 11.8 Å². The lowest BCUT2D eigenvalue weighted by Gasteiger charge is -2.13. The Morgan fingerprint density at radius 1 is 1.33 bits per heavy atom. The SMILES string of the molecule is CCc1cc2ccc(OC)cc2nc1SCC(=O)NC1CCCC1. The number of nitrogens with one attached hydrogen (secondary N) is 1. The summed E-state index contributed by atoms with van der Waals surface area (Å²) in [5.74, 6) is 1.34. The number of hydrogen-bond acceptors (Lipinski definition) is 4. The first-order valence-electron chi connectivity index (χ1n) is 8.59. The third-order valence-corrected chi connectivity index (χ3v) is 5.54. The van der Waals surface area contributed by atoms with Crippen LogP contribution >= 0.6 is 11.8 Å². The van der Waals surface area contributed by atoms with Crippen LogP contribution in [-0.2, 0) is 11.2 Å². The lowest BCUT2D eigenvalue weighted by Crippen LogP contribution is -2.33. The molecule has 1 saturated carbocycles. The predicted molar refractivity (Wildman–Crippen MR) is 98.8 cm³/mol. The summed E-state index contributed by atoms with van der Waals surface area (Å²) in [5.41, 5.74) is 2.09. The molecule has 1 aliphatic rings. The number of rotatable bonds is 6. The fourth-order valence-corrected chi connectivity index (χ4v) is 4.05. The van der Waals surface area contributed by atoms with Crippen LogP contribution in [0.15, 0.2) is 29.3 Å². The summed E-state index contributed by atoms with van der Waals surface area (Å²) in [6.45, 7) is 2.12. The molecular formula is C19H24N2O2S. The largest absolute Gasteiger partial charge is 0.497 e. The Hall–Kier alpha value is -1.75. The Labute approximate surface area is 147 Å². The highest BCUT2D eigenvalue weighted by Crippen LogP contribution is 2.27. The van der Waals surface area contributed by atoms with E-state index in [4.69, 9.17) is 9.72 Å². The molecule has 24 heavy (non-hydrogen) atoms. The molecule has 0 atom stereocenters. The molecule has 0 spiro atoms. The molecule has 0 saturated heterocycles. The molecule has 1 fully saturated rings. The van der Waals surface area contributed by atoms with Crippen molar-refractivity contribution in [2.75, 3.05) is 12.9 Å². The van der Waals surface area contributed by atoms with Crippen LogP contribution in [0.25, 0.3) is 10.9 Å². The number of amides is 1. The average molecular weight is 344 g/mol. The van der Waals surface area contributed by atoms with Crippen LogP contribution in [0.4, 0.5) is 0 Å². The monoisotopic (exact) mass is 344 g/mol. The summed E-state index contributed by atoms with van der Waals surface area (Å²) < 4.78 is 5.28. The van der Waals surface area contributed by atoms with Gasteiger partial charge in [-0.15, -0.1) is 0 Å². The fourth-order valence-electron chi connectivity index (χ4n) is 3.15. The second kappa shape index (κ2) is 7.88. The summed E-state index contributed by atoms with van der Waals surface area (Å²) >= 11 is 1.53. The minimum absolute atomic E-state index is 0.112. The number of benzene rings is 1. The van der Waals surface area contributed by atoms with Gasteiger partial charge in [0.2, 0.25) is 5.91 Å². The molecule has 128 valence electrons. The number of carbonyl (C=O) groups is 1. The van der Waals surface area contributed by atoms with Gasteiger partial charge in [0.05, 0.1) is 18.4 Å². The van der Waals surface area contributed by atoms with E-state index in [1.807, 2.05) is 18.2 Å². The maximum atomic E-state index is 12.2. The van der Waals surface area contributed by atoms with Crippen molar-refractivity contribution in [3.63, 3.8) is 0 Å². The van der Waals surface area contributed by atoms with Crippen molar-refractivity contribution in [3.05, 3.63) is 29.8 Å². The number of nitrogens with zero attached hydrogens (tertiary/aromatic N) is 1. The van der Waals surface area contributed by atoms with Gasteiger partial charge in [-0.1, -0.05) is 31.5 Å². The molecule has 1 N–H and O–H groups in total. The highest BCUT2D eigenvalue weighted by molar-refractivity contribution is 7.99. The van der Waals surface area contributed by atoms with Crippen molar-refractivity contribution < 1.29 is 9.53 Å². The number of pyridine rings is 1. The van der Waals surface area contributed by atoms with E-state index in [9.17, 15) is 4.79 Å². The van der Waals surface area contributed by atoms with E-state index >= 15 is 0 Å². The molecule has 2 aromatic rings. The quantitative estimate of drug-likeness (QED) is 0.806. The number of carbonyl (C=O) groups excluding carboxylic acids is 1. The molecule has 0 unspecified atom stereocenters. The van der Waals surface area contributed by atoms with Crippen LogP contribution in [-0.4, -0.2) is 29.8 Å². The standard InChI is InChI=1S/C19H24N2O2S/c1-3-13-10-14-8-9-16(23-2)11-17(14)21-19(13)24-12-18(22)20-15-6-4-5-7-15/h8-11,15H,3-7,12H2,1-2H3,(H,20,22). The third kappa shape index (κ3) is 4.01. The molecular weight excluding hydrogens is 320 g/mol. The molecule has 1 aromatic heterocycles. The molecule has 4 nitrogen and oxygen atoms in total. The van der Waals surface area contributed by atoms with Gasteiger partial charge in [-0.05, 0) is 43.0 Å². The fraction of sp³-hybridized carbons (Fsp3) is 0.474. The number of aromatic nitrogens is 1. The van der Waals surface area contributed by atoms with E-state index < -0.39 is 0 Å². The first kappa shape index (κ1) is 17.1. The maximum Gasteiger partial charge on any atom is 0.230 e. The smallest absolute Gasteiger partial charge is 0.230 e. The second-order valence-corrected chi connectivity index (χ2v) is 7.17. The number of methoxy groups -OCH3 is 1. The second-order valence-electron chi connectivity index (χ2n) is 6.20. The normalized spacial score (nSPS) is 14.9. The Balaban J connectivity index is 1.73. The van der Waals surface area contributed by atoms with Gasteiger partial charge in [-0.25, -0.2) is 4.98 Å². The summed E-state index contributed by atoms with van der Waals surface area (Å²) in [5, 5.41) is 5.18. The maximum absolute atomic E-state index is 12.2. The number of thioether (sulfide) groups is 1. The van der Waals surface area contributed by atoms with Crippen molar-refractivity contribution >= 4 is 28.6 Å². The van der Waals surface area contributed by atoms with Crippen LogP contribution in [0.3, 0.4) is 0 Å². The first-order chi connectivity index (χ1) is 11.7. The number of aryl methyl sites for hydroxylation is 1. The highest BCUT2D eigenvalue weighted by atomic mass is 32.2. The van der Waals surface area contributed by atoms with Gasteiger partial charge in [0.25, 0.3) is 0 Å². The van der Waals surface area contributed by atoms with Gasteiger partial charge in [0.15, 0.2) is 0 Å². The molecule has 0 radical (unpaired) electrons. The van der Waals surface area contributed by atoms with E-state index in [1.54, 1.807) is 7.11 Å². The van der Waals surface area contributed by atoms with Crippen molar-refractivity contribution in [3.8, 4) is 5.75 Å². The molecule has 3 rings (SSSR count). The van der Waals surface area contributed by atoms with Crippen LogP contribution in [0.5, 0.6) is 5.75 Å². The summed E-state index contributed by atoms with van der Waals surface area (Å²) in [7, 11) is 1.66. The van der Waals surface area contributed by atoms with Crippen LogP contribution < -0.4 is 10.1 Å². The van der Waals surface area contributed by atoms with Crippen molar-refractivity contribution in [1.82, 2.24) is 10.3 Å². The number of fused-ring (bicyclic) bond motifs is 1. The Morgan fingerprint density at radius 3 is 2.83 bits per heavy atom. The van der Waals surface area contributed by atoms with E-state index in [1.165, 1.54) is 30.2 Å². The third-order valence-electron chi connectivity index (χ3n) is 4.51. The molecule has 1 amide bonds. The van der Waals surface area contributed by atoms with Crippen molar-refractivity contribution in [1.29, 1.82) is 0 Å². The first-order valence-corrected chi connectivity index (χ1v) is 9.58. The Morgan fingerprint density at radius 2 is 2.12 bits per heavy atom. The van der Waals surface area contributed by atoms with Gasteiger partial charge >= 0.3 is 0 Å². The molecule has 1 aromatic carbocycles. The minimum Gasteiger partial charge on any atom is -0.497 e. The minimum atomic E-state index is 0.112. The lowest BCUT2D eigenvalue weighted by molar-refractivity contribution is -0.119. The van der Waals surface area contributed by atoms with Gasteiger partial charge < -0.3 is 10.1 Å². The molecule has 0 aliphatic heterocycles. The zero-order valence-corrected chi connectivity index (χ0v) is 15.1. The number of hydrogen-bond donors (Lipinski definition) is 1. The van der Waals surface area contributed by atoms with Crippen molar-refractivity contribution in [2.24, 2.45) is 0 Å². The highest BCUT2D eigenvalue weighted by Gasteiger charge is 2.17. The van der Waals surface area contributed by atoms with E-state index in [-0.39, 0.29) is 5.91 Å². The topological polar surface area (TPSA) is 51.2 Å². The Bertz CT molecular complexity index is 727. The molecule has 1 heterocycles. The summed E-state index contributed by atoms with van der Waals surface area (Å²) in [6.07, 6.45) is 5.59. The zero-order chi connectivity index (χ0) is 16.9. The average Bonchev–Trinajstić information content (AvgIpc) is 3.11. The number of ether oxygens (including phenoxy) is 1.